The topological polar surface area (TPSA) is 45.2 Å². The fourth-order valence-corrected chi connectivity index (χ4v) is 1.55. The molecule has 1 aromatic rings. The van der Waals surface area contributed by atoms with Crippen LogP contribution in [-0.4, -0.2) is 36.4 Å². The van der Waals surface area contributed by atoms with Crippen molar-refractivity contribution in [2.45, 2.75) is 13.8 Å². The maximum Gasteiger partial charge on any atom is 0.253 e. The Labute approximate surface area is 96.7 Å². The van der Waals surface area contributed by atoms with Crippen molar-refractivity contribution in [1.29, 1.82) is 0 Å². The Morgan fingerprint density at radius 1 is 1.56 bits per heavy atom. The summed E-state index contributed by atoms with van der Waals surface area (Å²) in [6, 6.07) is 3.50. The van der Waals surface area contributed by atoms with Gasteiger partial charge in [0.15, 0.2) is 0 Å². The smallest absolute Gasteiger partial charge is 0.253 e. The van der Waals surface area contributed by atoms with Crippen molar-refractivity contribution in [3.05, 3.63) is 23.9 Å². The van der Waals surface area contributed by atoms with Crippen LogP contribution in [0.2, 0.25) is 0 Å². The van der Waals surface area contributed by atoms with E-state index in [0.717, 1.165) is 6.54 Å². The summed E-state index contributed by atoms with van der Waals surface area (Å²) in [5.74, 6) is 1.22. The van der Waals surface area contributed by atoms with E-state index in [1.54, 1.807) is 30.3 Å². The first kappa shape index (κ1) is 12.5. The molecule has 0 aliphatic carbocycles. The average Bonchev–Trinajstić information content (AvgIpc) is 2.27. The van der Waals surface area contributed by atoms with Crippen LogP contribution in [0.25, 0.3) is 0 Å². The van der Waals surface area contributed by atoms with Crippen LogP contribution in [0.15, 0.2) is 18.3 Å². The molecule has 4 nitrogen and oxygen atoms in total. The van der Waals surface area contributed by atoms with Gasteiger partial charge in [0.1, 0.15) is 5.82 Å². The van der Waals surface area contributed by atoms with Crippen LogP contribution in [0.3, 0.4) is 0 Å². The molecule has 0 aliphatic heterocycles. The maximum atomic E-state index is 12.0. The van der Waals surface area contributed by atoms with Gasteiger partial charge in [-0.05, 0) is 18.1 Å². The maximum absolute atomic E-state index is 12.0. The molecule has 16 heavy (non-hydrogen) atoms. The number of aromatic nitrogens is 1. The van der Waals surface area contributed by atoms with E-state index in [1.165, 1.54) is 0 Å². The molecule has 0 aliphatic rings. The molecular formula is C12H19N3O. The number of amides is 1. The first-order chi connectivity index (χ1) is 7.54. The Balaban J connectivity index is 2.79. The largest absolute Gasteiger partial charge is 0.373 e. The second-order valence-electron chi connectivity index (χ2n) is 4.26. The molecule has 0 saturated carbocycles. The Morgan fingerprint density at radius 3 is 2.81 bits per heavy atom. The first-order valence-corrected chi connectivity index (χ1v) is 5.44. The summed E-state index contributed by atoms with van der Waals surface area (Å²) in [6.45, 7) is 4.95. The third kappa shape index (κ3) is 3.22. The quantitative estimate of drug-likeness (QED) is 0.844. The van der Waals surface area contributed by atoms with Crippen LogP contribution in [0.5, 0.6) is 0 Å². The van der Waals surface area contributed by atoms with Gasteiger partial charge in [-0.25, -0.2) is 4.98 Å². The van der Waals surface area contributed by atoms with Crippen LogP contribution in [-0.2, 0) is 0 Å². The summed E-state index contributed by atoms with van der Waals surface area (Å²) in [5, 5.41) is 2.92. The molecule has 1 N–H and O–H groups in total. The second kappa shape index (κ2) is 5.49. The van der Waals surface area contributed by atoms with Crippen molar-refractivity contribution in [3.8, 4) is 0 Å². The highest BCUT2D eigenvalue weighted by Crippen LogP contribution is 2.09. The zero-order valence-corrected chi connectivity index (χ0v) is 10.3. The standard InChI is InChI=1S/C12H19N3O/c1-9(2)8-15(4)12(16)10-5-6-14-11(7-10)13-3/h5-7,9H,8H2,1-4H3,(H,13,14). The minimum atomic E-state index is 0.0348. The van der Waals surface area contributed by atoms with Gasteiger partial charge in [0.2, 0.25) is 0 Å². The molecule has 0 atom stereocenters. The number of anilines is 1. The summed E-state index contributed by atoms with van der Waals surface area (Å²) in [4.78, 5) is 17.8. The molecule has 1 aromatic heterocycles. The number of pyridine rings is 1. The molecule has 0 bridgehead atoms. The van der Waals surface area contributed by atoms with E-state index in [-0.39, 0.29) is 5.91 Å². The molecule has 88 valence electrons. The van der Waals surface area contributed by atoms with Gasteiger partial charge >= 0.3 is 0 Å². The third-order valence-corrected chi connectivity index (χ3v) is 2.25. The van der Waals surface area contributed by atoms with Crippen LogP contribution < -0.4 is 5.32 Å². The number of carbonyl (C=O) groups excluding carboxylic acids is 1. The summed E-state index contributed by atoms with van der Waals surface area (Å²) >= 11 is 0. The predicted octanol–water partition coefficient (Wildman–Crippen LogP) is 1.85. The Bertz CT molecular complexity index is 363. The number of rotatable bonds is 4. The summed E-state index contributed by atoms with van der Waals surface area (Å²) < 4.78 is 0. The van der Waals surface area contributed by atoms with Gasteiger partial charge in [-0.15, -0.1) is 0 Å². The number of nitrogens with zero attached hydrogens (tertiary/aromatic N) is 2. The van der Waals surface area contributed by atoms with Crippen molar-refractivity contribution in [2.24, 2.45) is 5.92 Å². The molecule has 0 saturated heterocycles. The lowest BCUT2D eigenvalue weighted by molar-refractivity contribution is 0.0779. The lowest BCUT2D eigenvalue weighted by atomic mass is 10.2. The van der Waals surface area contributed by atoms with Gasteiger partial charge in [0.05, 0.1) is 0 Å². The first-order valence-electron chi connectivity index (χ1n) is 5.44. The van der Waals surface area contributed by atoms with Gasteiger partial charge < -0.3 is 10.2 Å². The minimum Gasteiger partial charge on any atom is -0.373 e. The summed E-state index contributed by atoms with van der Waals surface area (Å²) in [6.07, 6.45) is 1.64. The predicted molar refractivity (Wildman–Crippen MR) is 65.6 cm³/mol. The van der Waals surface area contributed by atoms with Gasteiger partial charge in [0, 0.05) is 32.4 Å². The van der Waals surface area contributed by atoms with Crippen LogP contribution in [0.1, 0.15) is 24.2 Å². The lowest BCUT2D eigenvalue weighted by Crippen LogP contribution is -2.30. The molecule has 0 radical (unpaired) electrons. The number of nitrogens with one attached hydrogen (secondary N) is 1. The van der Waals surface area contributed by atoms with Crippen molar-refractivity contribution in [1.82, 2.24) is 9.88 Å². The van der Waals surface area contributed by atoms with E-state index in [0.29, 0.717) is 17.3 Å². The van der Waals surface area contributed by atoms with Crippen LogP contribution >= 0.6 is 0 Å². The second-order valence-corrected chi connectivity index (χ2v) is 4.26. The zero-order valence-electron chi connectivity index (χ0n) is 10.3. The molecule has 1 rings (SSSR count). The summed E-state index contributed by atoms with van der Waals surface area (Å²) in [7, 11) is 3.61. The van der Waals surface area contributed by atoms with E-state index in [1.807, 2.05) is 7.05 Å². The van der Waals surface area contributed by atoms with Crippen molar-refractivity contribution in [3.63, 3.8) is 0 Å². The van der Waals surface area contributed by atoms with Gasteiger partial charge in [-0.2, -0.15) is 0 Å². The van der Waals surface area contributed by atoms with E-state index in [4.69, 9.17) is 0 Å². The molecule has 0 unspecified atom stereocenters. The van der Waals surface area contributed by atoms with Crippen molar-refractivity contribution >= 4 is 11.7 Å². The Hall–Kier alpha value is -1.58. The van der Waals surface area contributed by atoms with Gasteiger partial charge in [-0.1, -0.05) is 13.8 Å². The number of hydrogen-bond acceptors (Lipinski definition) is 3. The monoisotopic (exact) mass is 221 g/mol. The van der Waals surface area contributed by atoms with Crippen molar-refractivity contribution < 1.29 is 4.79 Å². The molecule has 0 aromatic carbocycles. The third-order valence-electron chi connectivity index (χ3n) is 2.25. The normalized spacial score (nSPS) is 10.3. The van der Waals surface area contributed by atoms with Crippen molar-refractivity contribution in [2.75, 3.05) is 26.0 Å². The molecule has 4 heteroatoms. The minimum absolute atomic E-state index is 0.0348. The fourth-order valence-electron chi connectivity index (χ4n) is 1.55. The molecule has 0 fully saturated rings. The molecular weight excluding hydrogens is 202 g/mol. The number of hydrogen-bond donors (Lipinski definition) is 1. The zero-order chi connectivity index (χ0) is 12.1. The average molecular weight is 221 g/mol. The van der Waals surface area contributed by atoms with E-state index < -0.39 is 0 Å². The van der Waals surface area contributed by atoms with E-state index in [2.05, 4.69) is 24.1 Å². The number of carbonyl (C=O) groups is 1. The van der Waals surface area contributed by atoms with Gasteiger partial charge in [0.25, 0.3) is 5.91 Å². The molecule has 1 amide bonds. The lowest BCUT2D eigenvalue weighted by Gasteiger charge is -2.19. The fraction of sp³-hybridized carbons (Fsp3) is 0.500. The Morgan fingerprint density at radius 2 is 2.25 bits per heavy atom. The van der Waals surface area contributed by atoms with Gasteiger partial charge in [-0.3, -0.25) is 4.79 Å². The van der Waals surface area contributed by atoms with Crippen LogP contribution in [0, 0.1) is 5.92 Å². The van der Waals surface area contributed by atoms with E-state index in [9.17, 15) is 4.79 Å². The van der Waals surface area contributed by atoms with E-state index >= 15 is 0 Å². The highest BCUT2D eigenvalue weighted by molar-refractivity contribution is 5.94. The molecule has 0 spiro atoms. The molecule has 1 heterocycles. The van der Waals surface area contributed by atoms with Crippen LogP contribution in [0.4, 0.5) is 5.82 Å². The SMILES string of the molecule is CNc1cc(C(=O)N(C)CC(C)C)ccn1. The highest BCUT2D eigenvalue weighted by Gasteiger charge is 2.13. The Kier molecular flexibility index (Phi) is 4.28. The summed E-state index contributed by atoms with van der Waals surface area (Å²) in [5.41, 5.74) is 0.669. The highest BCUT2D eigenvalue weighted by atomic mass is 16.2.